The van der Waals surface area contributed by atoms with Gasteiger partial charge in [0, 0.05) is 28.6 Å². The maximum absolute atomic E-state index is 12.6. The first-order valence-corrected chi connectivity index (χ1v) is 13.8. The van der Waals surface area contributed by atoms with E-state index in [0.717, 1.165) is 21.6 Å². The molecule has 1 N–H and O–H groups in total. The Labute approximate surface area is 232 Å². The van der Waals surface area contributed by atoms with E-state index in [1.54, 1.807) is 12.3 Å². The van der Waals surface area contributed by atoms with Crippen molar-refractivity contribution in [3.8, 4) is 22.5 Å². The number of nitrogens with zero attached hydrogens (tertiary/aromatic N) is 4. The van der Waals surface area contributed by atoms with Gasteiger partial charge in [0.2, 0.25) is 11.1 Å². The molecule has 1 amide bonds. The molecule has 2 heterocycles. The van der Waals surface area contributed by atoms with Crippen LogP contribution in [0.4, 0.5) is 5.13 Å². The minimum atomic E-state index is -0.205. The monoisotopic (exact) mass is 563 g/mol. The number of carbonyl (C=O) groups excluding carboxylic acids is 1. The van der Waals surface area contributed by atoms with Gasteiger partial charge < -0.3 is 5.32 Å². The number of halogens is 2. The average Bonchev–Trinajstić information content (AvgIpc) is 3.37. The van der Waals surface area contributed by atoms with Gasteiger partial charge in [-0.15, -0.1) is 21.5 Å². The molecule has 2 aromatic heterocycles. The van der Waals surface area contributed by atoms with Gasteiger partial charge in [0.15, 0.2) is 5.13 Å². The van der Waals surface area contributed by atoms with Gasteiger partial charge in [-0.3, -0.25) is 4.79 Å². The van der Waals surface area contributed by atoms with Gasteiger partial charge in [-0.1, -0.05) is 108 Å². The SMILES string of the molecule is O=C(CSc1nnc(-c2ccccc2)c(-c2ccccc2)n1)Nc1ncc(Cc2cccc(Cl)c2Cl)s1. The van der Waals surface area contributed by atoms with Crippen molar-refractivity contribution in [3.63, 3.8) is 0 Å². The van der Waals surface area contributed by atoms with Crippen molar-refractivity contribution in [2.75, 3.05) is 11.1 Å². The minimum absolute atomic E-state index is 0.121. The Kier molecular flexibility index (Phi) is 8.11. The van der Waals surface area contributed by atoms with Crippen LogP contribution in [0.2, 0.25) is 10.0 Å². The van der Waals surface area contributed by atoms with Crippen molar-refractivity contribution in [2.45, 2.75) is 11.6 Å². The third kappa shape index (κ3) is 6.34. The molecule has 6 nitrogen and oxygen atoms in total. The van der Waals surface area contributed by atoms with E-state index < -0.39 is 0 Å². The van der Waals surface area contributed by atoms with Gasteiger partial charge in [0.25, 0.3) is 0 Å². The van der Waals surface area contributed by atoms with Crippen molar-refractivity contribution in [1.82, 2.24) is 20.2 Å². The summed E-state index contributed by atoms with van der Waals surface area (Å²) in [5.41, 5.74) is 4.17. The molecule has 0 fully saturated rings. The molecule has 0 radical (unpaired) electrons. The third-order valence-corrected chi connectivity index (χ3v) is 7.90. The van der Waals surface area contributed by atoms with E-state index in [1.165, 1.54) is 23.1 Å². The van der Waals surface area contributed by atoms with Crippen molar-refractivity contribution < 1.29 is 4.79 Å². The number of hydrogen-bond donors (Lipinski definition) is 1. The molecule has 0 bridgehead atoms. The van der Waals surface area contributed by atoms with Crippen LogP contribution in [-0.4, -0.2) is 31.8 Å². The van der Waals surface area contributed by atoms with Gasteiger partial charge in [-0.25, -0.2) is 9.97 Å². The van der Waals surface area contributed by atoms with Crippen molar-refractivity contribution in [3.05, 3.63) is 106 Å². The fourth-order valence-corrected chi connectivity index (χ4v) is 5.39. The van der Waals surface area contributed by atoms with E-state index in [0.29, 0.717) is 38.1 Å². The molecular formula is C27H19Cl2N5OS2. The van der Waals surface area contributed by atoms with Crippen LogP contribution >= 0.6 is 46.3 Å². The van der Waals surface area contributed by atoms with Crippen LogP contribution in [0.25, 0.3) is 22.5 Å². The summed E-state index contributed by atoms with van der Waals surface area (Å²) >= 11 is 15.0. The lowest BCUT2D eigenvalue weighted by Crippen LogP contribution is -2.14. The maximum atomic E-state index is 12.6. The van der Waals surface area contributed by atoms with Crippen LogP contribution in [-0.2, 0) is 11.2 Å². The fourth-order valence-electron chi connectivity index (χ4n) is 3.57. The molecule has 3 aromatic carbocycles. The Morgan fingerprint density at radius 3 is 2.30 bits per heavy atom. The first kappa shape index (κ1) is 25.4. The third-order valence-electron chi connectivity index (χ3n) is 5.29. The first-order valence-electron chi connectivity index (χ1n) is 11.2. The van der Waals surface area contributed by atoms with Gasteiger partial charge in [0.05, 0.1) is 15.8 Å². The summed E-state index contributed by atoms with van der Waals surface area (Å²) in [6.07, 6.45) is 2.31. The lowest BCUT2D eigenvalue weighted by atomic mass is 10.0. The molecule has 0 spiro atoms. The van der Waals surface area contributed by atoms with Gasteiger partial charge in [-0.05, 0) is 11.6 Å². The molecular weight excluding hydrogens is 545 g/mol. The summed E-state index contributed by atoms with van der Waals surface area (Å²) in [5.74, 6) is -0.0843. The molecule has 0 aliphatic carbocycles. The van der Waals surface area contributed by atoms with Crippen molar-refractivity contribution >= 4 is 57.3 Å². The van der Waals surface area contributed by atoms with Crippen LogP contribution in [0.1, 0.15) is 10.4 Å². The van der Waals surface area contributed by atoms with Crippen LogP contribution in [0.15, 0.2) is 90.2 Å². The van der Waals surface area contributed by atoms with Crippen LogP contribution in [0.3, 0.4) is 0 Å². The Bertz CT molecular complexity index is 1530. The smallest absolute Gasteiger partial charge is 0.236 e. The Morgan fingerprint density at radius 2 is 1.57 bits per heavy atom. The number of rotatable bonds is 8. The topological polar surface area (TPSA) is 80.7 Å². The molecule has 0 aliphatic heterocycles. The largest absolute Gasteiger partial charge is 0.301 e. The van der Waals surface area contributed by atoms with E-state index >= 15 is 0 Å². The van der Waals surface area contributed by atoms with E-state index in [2.05, 4.69) is 20.5 Å². The zero-order valence-electron chi connectivity index (χ0n) is 19.3. The second-order valence-electron chi connectivity index (χ2n) is 7.88. The molecule has 0 saturated heterocycles. The number of amides is 1. The highest BCUT2D eigenvalue weighted by Gasteiger charge is 2.15. The molecule has 0 saturated carbocycles. The second-order valence-corrected chi connectivity index (χ2v) is 10.7. The summed E-state index contributed by atoms with van der Waals surface area (Å²) in [4.78, 5) is 22.6. The Morgan fingerprint density at radius 1 is 0.865 bits per heavy atom. The summed E-state index contributed by atoms with van der Waals surface area (Å²) in [6, 6.07) is 25.1. The van der Waals surface area contributed by atoms with Crippen LogP contribution < -0.4 is 5.32 Å². The molecule has 5 aromatic rings. The number of hydrogen-bond acceptors (Lipinski definition) is 7. The quantitative estimate of drug-likeness (QED) is 0.199. The molecule has 0 unspecified atom stereocenters. The number of anilines is 1. The van der Waals surface area contributed by atoms with Gasteiger partial charge >= 0.3 is 0 Å². The standard InChI is InChI=1S/C27H19Cl2N5OS2/c28-21-13-7-12-19(23(21)29)14-20-15-30-26(37-20)31-22(35)16-36-27-32-24(17-8-3-1-4-9-17)25(33-34-27)18-10-5-2-6-11-18/h1-13,15H,14,16H2,(H,30,31,35). The highest BCUT2D eigenvalue weighted by atomic mass is 35.5. The van der Waals surface area contributed by atoms with E-state index in [9.17, 15) is 4.79 Å². The molecule has 184 valence electrons. The number of thioether (sulfide) groups is 1. The predicted molar refractivity (Wildman–Crippen MR) is 151 cm³/mol. The number of thiazole rings is 1. The van der Waals surface area contributed by atoms with E-state index in [1.807, 2.05) is 72.8 Å². The van der Waals surface area contributed by atoms with Crippen molar-refractivity contribution in [1.29, 1.82) is 0 Å². The lowest BCUT2D eigenvalue weighted by Gasteiger charge is -2.09. The number of benzene rings is 3. The second kappa shape index (κ2) is 11.8. The van der Waals surface area contributed by atoms with Crippen LogP contribution in [0.5, 0.6) is 0 Å². The average molecular weight is 565 g/mol. The predicted octanol–water partition coefficient (Wildman–Crippen LogP) is 7.29. The van der Waals surface area contributed by atoms with Crippen molar-refractivity contribution in [2.24, 2.45) is 0 Å². The summed E-state index contributed by atoms with van der Waals surface area (Å²) in [7, 11) is 0. The fraction of sp³-hybridized carbons (Fsp3) is 0.0741. The number of nitrogens with one attached hydrogen (secondary N) is 1. The first-order chi connectivity index (χ1) is 18.1. The Hall–Kier alpha value is -3.30. The summed E-state index contributed by atoms with van der Waals surface area (Å²) in [6.45, 7) is 0. The molecule has 5 rings (SSSR count). The van der Waals surface area contributed by atoms with Gasteiger partial charge in [-0.2, -0.15) is 0 Å². The molecule has 0 atom stereocenters. The molecule has 0 aliphatic rings. The van der Waals surface area contributed by atoms with E-state index in [4.69, 9.17) is 28.2 Å². The van der Waals surface area contributed by atoms with E-state index in [-0.39, 0.29) is 11.7 Å². The zero-order valence-corrected chi connectivity index (χ0v) is 22.4. The highest BCUT2D eigenvalue weighted by Crippen LogP contribution is 2.31. The Balaban J connectivity index is 1.26. The summed E-state index contributed by atoms with van der Waals surface area (Å²) in [5, 5.41) is 13.5. The normalized spacial score (nSPS) is 10.9. The van der Waals surface area contributed by atoms with Crippen LogP contribution in [0, 0.1) is 0 Å². The number of carbonyl (C=O) groups is 1. The highest BCUT2D eigenvalue weighted by molar-refractivity contribution is 7.99. The molecule has 37 heavy (non-hydrogen) atoms. The lowest BCUT2D eigenvalue weighted by molar-refractivity contribution is -0.113. The van der Waals surface area contributed by atoms with Gasteiger partial charge in [0.1, 0.15) is 11.4 Å². The maximum Gasteiger partial charge on any atom is 0.236 e. The molecule has 10 heteroatoms. The summed E-state index contributed by atoms with van der Waals surface area (Å²) < 4.78 is 0. The number of aromatic nitrogens is 4. The zero-order chi connectivity index (χ0) is 25.6. The minimum Gasteiger partial charge on any atom is -0.301 e.